The number of amides is 1. The average molecular weight is 309 g/mol. The first-order chi connectivity index (χ1) is 10.4. The smallest absolute Gasteiger partial charge is 0.371 e. The summed E-state index contributed by atoms with van der Waals surface area (Å²) in [4.78, 5) is 38.3. The third kappa shape index (κ3) is 4.60. The van der Waals surface area contributed by atoms with Gasteiger partial charge in [-0.05, 0) is 17.7 Å². The van der Waals surface area contributed by atoms with Gasteiger partial charge in [0.2, 0.25) is 5.76 Å². The molecule has 0 unspecified atom stereocenters. The molecular formula is C14H15NO7. The SMILES string of the molecule is COC(=O)c1ccc(CN(OC)C(=O)/C=C(\O)C(=O)O)cc1. The lowest BCUT2D eigenvalue weighted by atomic mass is 10.1. The maximum absolute atomic E-state index is 11.7. The van der Waals surface area contributed by atoms with Gasteiger partial charge >= 0.3 is 11.9 Å². The van der Waals surface area contributed by atoms with E-state index in [0.717, 1.165) is 5.06 Å². The molecule has 0 fully saturated rings. The number of hydrogen-bond acceptors (Lipinski definition) is 6. The van der Waals surface area contributed by atoms with Crippen molar-refractivity contribution in [3.8, 4) is 0 Å². The molecule has 0 radical (unpaired) electrons. The van der Waals surface area contributed by atoms with Crippen LogP contribution in [0.25, 0.3) is 0 Å². The highest BCUT2D eigenvalue weighted by Gasteiger charge is 2.15. The minimum absolute atomic E-state index is 0.000184. The van der Waals surface area contributed by atoms with Crippen molar-refractivity contribution < 1.29 is 34.2 Å². The first-order valence-corrected chi connectivity index (χ1v) is 6.05. The van der Waals surface area contributed by atoms with Crippen molar-refractivity contribution in [1.82, 2.24) is 5.06 Å². The number of carbonyl (C=O) groups excluding carboxylic acids is 2. The fourth-order valence-electron chi connectivity index (χ4n) is 1.51. The summed E-state index contributed by atoms with van der Waals surface area (Å²) >= 11 is 0. The van der Waals surface area contributed by atoms with Crippen LogP contribution in [0.2, 0.25) is 0 Å². The Morgan fingerprint density at radius 1 is 1.14 bits per heavy atom. The molecule has 1 rings (SSSR count). The van der Waals surface area contributed by atoms with Crippen molar-refractivity contribution in [3.05, 3.63) is 47.2 Å². The van der Waals surface area contributed by atoms with Crippen LogP contribution >= 0.6 is 0 Å². The number of aliphatic hydroxyl groups is 1. The summed E-state index contributed by atoms with van der Waals surface area (Å²) in [6.07, 6.45) is 0.536. The van der Waals surface area contributed by atoms with Crippen LogP contribution in [0, 0.1) is 0 Å². The Morgan fingerprint density at radius 2 is 1.73 bits per heavy atom. The molecule has 0 aliphatic carbocycles. The number of hydrogen-bond donors (Lipinski definition) is 2. The van der Waals surface area contributed by atoms with E-state index in [1.807, 2.05) is 0 Å². The number of methoxy groups -OCH3 is 1. The lowest BCUT2D eigenvalue weighted by Crippen LogP contribution is -2.28. The number of aliphatic carboxylic acids is 1. The van der Waals surface area contributed by atoms with Gasteiger partial charge in [-0.25, -0.2) is 14.7 Å². The van der Waals surface area contributed by atoms with E-state index >= 15 is 0 Å². The Morgan fingerprint density at radius 3 is 2.18 bits per heavy atom. The van der Waals surface area contributed by atoms with Gasteiger partial charge in [0.05, 0.1) is 32.4 Å². The van der Waals surface area contributed by atoms with Crippen LogP contribution < -0.4 is 0 Å². The lowest BCUT2D eigenvalue weighted by molar-refractivity contribution is -0.173. The topological polar surface area (TPSA) is 113 Å². The zero-order chi connectivity index (χ0) is 16.7. The number of carboxylic acid groups (broad SMARTS) is 1. The van der Waals surface area contributed by atoms with Crippen LogP contribution in [0.15, 0.2) is 36.1 Å². The van der Waals surface area contributed by atoms with Gasteiger partial charge in [0.1, 0.15) is 0 Å². The second-order valence-electron chi connectivity index (χ2n) is 4.08. The van der Waals surface area contributed by atoms with Crippen LogP contribution in [0.1, 0.15) is 15.9 Å². The molecule has 1 aromatic carbocycles. The third-order valence-electron chi connectivity index (χ3n) is 2.65. The fraction of sp³-hybridized carbons (Fsp3) is 0.214. The van der Waals surface area contributed by atoms with Crippen LogP contribution in [0.5, 0.6) is 0 Å². The maximum Gasteiger partial charge on any atom is 0.371 e. The summed E-state index contributed by atoms with van der Waals surface area (Å²) in [5, 5.41) is 18.4. The van der Waals surface area contributed by atoms with Crippen LogP contribution in [0.4, 0.5) is 0 Å². The zero-order valence-corrected chi connectivity index (χ0v) is 12.0. The van der Waals surface area contributed by atoms with Crippen molar-refractivity contribution in [2.45, 2.75) is 6.54 Å². The van der Waals surface area contributed by atoms with Gasteiger partial charge in [0.25, 0.3) is 5.91 Å². The van der Waals surface area contributed by atoms with Gasteiger partial charge in [-0.1, -0.05) is 12.1 Å². The number of hydroxylamine groups is 2. The minimum atomic E-state index is -1.62. The number of rotatable bonds is 6. The molecule has 0 atom stereocenters. The van der Waals surface area contributed by atoms with E-state index in [4.69, 9.17) is 15.1 Å². The van der Waals surface area contributed by atoms with Crippen molar-refractivity contribution in [2.75, 3.05) is 14.2 Å². The van der Waals surface area contributed by atoms with Gasteiger partial charge in [-0.3, -0.25) is 9.63 Å². The highest BCUT2D eigenvalue weighted by molar-refractivity contribution is 5.95. The molecule has 0 bridgehead atoms. The van der Waals surface area contributed by atoms with E-state index in [2.05, 4.69) is 4.74 Å². The second-order valence-corrected chi connectivity index (χ2v) is 4.08. The molecular weight excluding hydrogens is 294 g/mol. The normalized spacial score (nSPS) is 10.9. The minimum Gasteiger partial charge on any atom is -0.502 e. The Labute approximate surface area is 126 Å². The van der Waals surface area contributed by atoms with Gasteiger partial charge in [-0.15, -0.1) is 0 Å². The number of carbonyl (C=O) groups is 3. The monoisotopic (exact) mass is 309 g/mol. The lowest BCUT2D eigenvalue weighted by Gasteiger charge is -2.18. The predicted octanol–water partition coefficient (Wildman–Crippen LogP) is 0.890. The Kier molecular flexibility index (Phi) is 6.09. The first-order valence-electron chi connectivity index (χ1n) is 6.05. The van der Waals surface area contributed by atoms with Crippen LogP contribution in [-0.4, -0.2) is 47.3 Å². The molecule has 8 heteroatoms. The van der Waals surface area contributed by atoms with Gasteiger partial charge in [0, 0.05) is 0 Å². The third-order valence-corrected chi connectivity index (χ3v) is 2.65. The summed E-state index contributed by atoms with van der Waals surface area (Å²) in [6.45, 7) is 0.000184. The number of aliphatic hydroxyl groups excluding tert-OH is 1. The molecule has 0 aliphatic heterocycles. The first kappa shape index (κ1) is 17.2. The predicted molar refractivity (Wildman–Crippen MR) is 73.7 cm³/mol. The van der Waals surface area contributed by atoms with Crippen LogP contribution in [-0.2, 0) is 25.7 Å². The summed E-state index contributed by atoms with van der Waals surface area (Å²) in [5.74, 6) is -4.03. The zero-order valence-electron chi connectivity index (χ0n) is 12.0. The van der Waals surface area contributed by atoms with E-state index in [9.17, 15) is 14.4 Å². The highest BCUT2D eigenvalue weighted by Crippen LogP contribution is 2.09. The number of ether oxygens (including phenoxy) is 1. The van der Waals surface area contributed by atoms with Crippen molar-refractivity contribution in [2.24, 2.45) is 0 Å². The van der Waals surface area contributed by atoms with E-state index in [1.54, 1.807) is 12.1 Å². The summed E-state index contributed by atoms with van der Waals surface area (Å²) in [5.41, 5.74) is 0.982. The number of carboxylic acids is 1. The maximum atomic E-state index is 11.7. The largest absolute Gasteiger partial charge is 0.502 e. The van der Waals surface area contributed by atoms with Gasteiger partial charge in [0.15, 0.2) is 0 Å². The molecule has 0 spiro atoms. The Bertz CT molecular complexity index is 592. The van der Waals surface area contributed by atoms with Crippen molar-refractivity contribution in [3.63, 3.8) is 0 Å². The molecule has 1 aromatic rings. The Hall–Kier alpha value is -2.87. The summed E-state index contributed by atoms with van der Waals surface area (Å²) in [6, 6.07) is 6.22. The molecule has 0 aliphatic rings. The van der Waals surface area contributed by atoms with Crippen LogP contribution in [0.3, 0.4) is 0 Å². The molecule has 1 amide bonds. The fourth-order valence-corrected chi connectivity index (χ4v) is 1.51. The number of esters is 1. The van der Waals surface area contributed by atoms with E-state index in [-0.39, 0.29) is 6.54 Å². The molecule has 0 aromatic heterocycles. The Balaban J connectivity index is 2.82. The summed E-state index contributed by atoms with van der Waals surface area (Å²) in [7, 11) is 2.50. The number of nitrogens with zero attached hydrogens (tertiary/aromatic N) is 1. The van der Waals surface area contributed by atoms with E-state index in [0.29, 0.717) is 17.2 Å². The quantitative estimate of drug-likeness (QED) is 0.347. The standard InChI is InChI=1S/C14H15NO7/c1-21-14(20)10-5-3-9(4-6-10)8-15(22-2)12(17)7-11(16)13(18)19/h3-7,16H,8H2,1-2H3,(H,18,19)/b11-7-. The molecule has 2 N–H and O–H groups in total. The molecule has 0 saturated heterocycles. The summed E-state index contributed by atoms with van der Waals surface area (Å²) < 4.78 is 4.56. The van der Waals surface area contributed by atoms with E-state index in [1.165, 1.54) is 26.4 Å². The molecule has 22 heavy (non-hydrogen) atoms. The van der Waals surface area contributed by atoms with Crippen molar-refractivity contribution >= 4 is 17.8 Å². The second kappa shape index (κ2) is 7.79. The van der Waals surface area contributed by atoms with Gasteiger partial charge < -0.3 is 14.9 Å². The molecule has 0 heterocycles. The average Bonchev–Trinajstić information content (AvgIpc) is 2.52. The van der Waals surface area contributed by atoms with E-state index < -0.39 is 23.6 Å². The number of benzene rings is 1. The van der Waals surface area contributed by atoms with Gasteiger partial charge in [-0.2, -0.15) is 0 Å². The highest BCUT2D eigenvalue weighted by atomic mass is 16.7. The van der Waals surface area contributed by atoms with Crippen molar-refractivity contribution in [1.29, 1.82) is 0 Å². The molecule has 118 valence electrons. The molecule has 0 saturated carbocycles. The molecule has 8 nitrogen and oxygen atoms in total.